The summed E-state index contributed by atoms with van der Waals surface area (Å²) in [6.45, 7) is 1.90. The molecule has 31 heavy (non-hydrogen) atoms. The van der Waals surface area contributed by atoms with Crippen LogP contribution >= 0.6 is 0 Å². The van der Waals surface area contributed by atoms with Crippen molar-refractivity contribution >= 4 is 11.8 Å². The summed E-state index contributed by atoms with van der Waals surface area (Å²) in [4.78, 5) is 40.2. The lowest BCUT2D eigenvalue weighted by molar-refractivity contribution is 0.0482. The first-order valence-electron chi connectivity index (χ1n) is 10.3. The number of hydrogen-bond acceptors (Lipinski definition) is 4. The number of amides is 2. The number of benzene rings is 1. The molecule has 1 saturated heterocycles. The third-order valence-corrected chi connectivity index (χ3v) is 6.84. The molecule has 3 heterocycles. The molecule has 162 valence electrons. The molecule has 4 atom stereocenters. The third-order valence-electron chi connectivity index (χ3n) is 6.84. The minimum atomic E-state index is -0.952. The summed E-state index contributed by atoms with van der Waals surface area (Å²) in [6, 6.07) is 2.29. The number of aromatic hydroxyl groups is 1. The predicted octanol–water partition coefficient (Wildman–Crippen LogP) is 2.33. The number of fused-ring (bicyclic) bond motifs is 6. The fourth-order valence-corrected chi connectivity index (χ4v) is 5.35. The van der Waals surface area contributed by atoms with Gasteiger partial charge in [0.2, 0.25) is 5.43 Å². The average molecular weight is 429 g/mol. The van der Waals surface area contributed by atoms with E-state index >= 15 is 0 Å². The summed E-state index contributed by atoms with van der Waals surface area (Å²) >= 11 is 0. The van der Waals surface area contributed by atoms with E-state index in [4.69, 9.17) is 0 Å². The van der Waals surface area contributed by atoms with Crippen LogP contribution in [0.25, 0.3) is 0 Å². The van der Waals surface area contributed by atoms with Crippen LogP contribution in [0, 0.1) is 17.6 Å². The van der Waals surface area contributed by atoms with Crippen molar-refractivity contribution in [2.24, 2.45) is 5.92 Å². The molecule has 2 bridgehead atoms. The largest absolute Gasteiger partial charge is 0.503 e. The molecule has 2 N–H and O–H groups in total. The number of hydrogen-bond donors (Lipinski definition) is 2. The first-order valence-corrected chi connectivity index (χ1v) is 10.3. The van der Waals surface area contributed by atoms with E-state index in [1.165, 1.54) is 23.8 Å². The highest BCUT2D eigenvalue weighted by Crippen LogP contribution is 2.45. The topological polar surface area (TPSA) is 91.6 Å². The van der Waals surface area contributed by atoms with Crippen molar-refractivity contribution in [2.75, 3.05) is 0 Å². The molecule has 3 unspecified atom stereocenters. The Morgan fingerprint density at radius 1 is 1.26 bits per heavy atom. The Balaban J connectivity index is 1.46. The number of nitrogens with zero attached hydrogens (tertiary/aromatic N) is 2. The first kappa shape index (κ1) is 19.7. The van der Waals surface area contributed by atoms with Crippen molar-refractivity contribution in [3.63, 3.8) is 0 Å². The van der Waals surface area contributed by atoms with Crippen molar-refractivity contribution in [1.82, 2.24) is 14.8 Å². The Morgan fingerprint density at radius 3 is 2.77 bits per heavy atom. The van der Waals surface area contributed by atoms with Gasteiger partial charge in [-0.15, -0.1) is 0 Å². The standard InChI is InChI=1S/C22H21F2N3O4/c1-10(14-5-3-12(23)7-16(14)24)25-21(30)15-8-26-9-17-11-2-4-13(6-11)27(17)22(31)18(26)20(29)19(15)28/h3,5,7-8,10-11,13,17,29H,2,4,6,9H2,1H3,(H,25,30)/t10?,11?,13?,17-/m0/s1. The van der Waals surface area contributed by atoms with E-state index in [0.717, 1.165) is 25.3 Å². The Hall–Kier alpha value is -3.23. The van der Waals surface area contributed by atoms with Crippen LogP contribution in [0.2, 0.25) is 0 Å². The third kappa shape index (κ3) is 2.94. The maximum atomic E-state index is 14.0. The molecule has 1 aromatic carbocycles. The number of rotatable bonds is 3. The van der Waals surface area contributed by atoms with Crippen molar-refractivity contribution in [2.45, 2.75) is 50.9 Å². The highest BCUT2D eigenvalue weighted by atomic mass is 19.1. The van der Waals surface area contributed by atoms with Crippen molar-refractivity contribution in [1.29, 1.82) is 0 Å². The van der Waals surface area contributed by atoms with Crippen LogP contribution in [0.5, 0.6) is 5.75 Å². The van der Waals surface area contributed by atoms with E-state index in [1.807, 2.05) is 0 Å². The summed E-state index contributed by atoms with van der Waals surface area (Å²) in [5.74, 6) is -3.12. The minimum absolute atomic E-state index is 0.0104. The number of carbonyl (C=O) groups is 2. The first-order chi connectivity index (χ1) is 14.8. The van der Waals surface area contributed by atoms with Gasteiger partial charge < -0.3 is 19.9 Å². The van der Waals surface area contributed by atoms with E-state index in [1.54, 1.807) is 4.90 Å². The lowest BCUT2D eigenvalue weighted by Crippen LogP contribution is -2.52. The van der Waals surface area contributed by atoms with Gasteiger partial charge in [0.1, 0.15) is 17.2 Å². The van der Waals surface area contributed by atoms with E-state index in [-0.39, 0.29) is 34.8 Å². The number of halogens is 2. The number of carbonyl (C=O) groups excluding carboxylic acids is 2. The summed E-state index contributed by atoms with van der Waals surface area (Å²) < 4.78 is 28.7. The zero-order chi connectivity index (χ0) is 22.0. The fourth-order valence-electron chi connectivity index (χ4n) is 5.35. The number of aromatic nitrogens is 1. The molecule has 0 radical (unpaired) electrons. The summed E-state index contributed by atoms with van der Waals surface area (Å²) in [5, 5.41) is 13.0. The van der Waals surface area contributed by atoms with Crippen molar-refractivity contribution in [3.8, 4) is 5.75 Å². The Morgan fingerprint density at radius 2 is 2.03 bits per heavy atom. The molecular weight excluding hydrogens is 408 g/mol. The zero-order valence-corrected chi connectivity index (χ0v) is 16.8. The molecule has 0 spiro atoms. The van der Waals surface area contributed by atoms with E-state index in [9.17, 15) is 28.3 Å². The lowest BCUT2D eigenvalue weighted by atomic mass is 9.95. The summed E-state index contributed by atoms with van der Waals surface area (Å²) in [7, 11) is 0. The maximum Gasteiger partial charge on any atom is 0.275 e. The highest BCUT2D eigenvalue weighted by Gasteiger charge is 2.51. The molecular formula is C22H21F2N3O4. The number of pyridine rings is 1. The quantitative estimate of drug-likeness (QED) is 0.784. The highest BCUT2D eigenvalue weighted by molar-refractivity contribution is 5.99. The molecule has 5 rings (SSSR count). The van der Waals surface area contributed by atoms with Gasteiger partial charge in [0.15, 0.2) is 11.4 Å². The molecule has 9 heteroatoms. The molecule has 7 nitrogen and oxygen atoms in total. The second kappa shape index (κ2) is 6.90. The van der Waals surface area contributed by atoms with E-state index < -0.39 is 34.8 Å². The van der Waals surface area contributed by atoms with Gasteiger partial charge in [-0.1, -0.05) is 6.07 Å². The van der Waals surface area contributed by atoms with Crippen molar-refractivity contribution in [3.05, 3.63) is 63.1 Å². The smallest absolute Gasteiger partial charge is 0.275 e. The molecule has 2 amide bonds. The van der Waals surface area contributed by atoms with Crippen LogP contribution in [0.4, 0.5) is 8.78 Å². The summed E-state index contributed by atoms with van der Waals surface area (Å²) in [5.41, 5.74) is -1.32. The van der Waals surface area contributed by atoms with Gasteiger partial charge in [0.25, 0.3) is 11.8 Å². The van der Waals surface area contributed by atoms with Crippen LogP contribution in [0.3, 0.4) is 0 Å². The van der Waals surface area contributed by atoms with E-state index in [2.05, 4.69) is 5.32 Å². The average Bonchev–Trinajstić information content (AvgIpc) is 3.32. The molecule has 1 saturated carbocycles. The van der Waals surface area contributed by atoms with Gasteiger partial charge in [-0.25, -0.2) is 8.78 Å². The normalized spacial score (nSPS) is 24.7. The number of nitrogens with one attached hydrogen (secondary N) is 1. The Kier molecular flexibility index (Phi) is 4.39. The minimum Gasteiger partial charge on any atom is -0.503 e. The molecule has 1 aromatic heterocycles. The van der Waals surface area contributed by atoms with Gasteiger partial charge in [0, 0.05) is 30.4 Å². The SMILES string of the molecule is CC(NC(=O)c1cn2c(c(O)c1=O)C(=O)N1C3CCC(C3)[C@@H]1C2)c1ccc(F)cc1F. The molecule has 2 aromatic rings. The van der Waals surface area contributed by atoms with Crippen LogP contribution < -0.4 is 10.7 Å². The van der Waals surface area contributed by atoms with Crippen LogP contribution in [-0.2, 0) is 6.54 Å². The van der Waals surface area contributed by atoms with E-state index in [0.29, 0.717) is 18.5 Å². The molecule has 2 fully saturated rings. The van der Waals surface area contributed by atoms with Gasteiger partial charge in [-0.3, -0.25) is 14.4 Å². The predicted molar refractivity (Wildman–Crippen MR) is 106 cm³/mol. The zero-order valence-electron chi connectivity index (χ0n) is 16.8. The van der Waals surface area contributed by atoms with Gasteiger partial charge in [-0.05, 0) is 38.2 Å². The van der Waals surface area contributed by atoms with Crippen LogP contribution in [-0.4, -0.2) is 38.5 Å². The van der Waals surface area contributed by atoms with Crippen molar-refractivity contribution < 1.29 is 23.5 Å². The fraction of sp³-hybridized carbons (Fsp3) is 0.409. The van der Waals surface area contributed by atoms with Gasteiger partial charge in [-0.2, -0.15) is 0 Å². The second-order valence-electron chi connectivity index (χ2n) is 8.59. The molecule has 2 aliphatic heterocycles. The number of piperidine rings is 1. The Labute approximate surface area is 176 Å². The Bertz CT molecular complexity index is 1180. The van der Waals surface area contributed by atoms with Crippen LogP contribution in [0.1, 0.15) is 58.6 Å². The summed E-state index contributed by atoms with van der Waals surface area (Å²) in [6.07, 6.45) is 4.18. The second-order valence-corrected chi connectivity index (χ2v) is 8.59. The maximum absolute atomic E-state index is 14.0. The lowest BCUT2D eigenvalue weighted by Gasteiger charge is -2.40. The van der Waals surface area contributed by atoms with Crippen LogP contribution in [0.15, 0.2) is 29.2 Å². The van der Waals surface area contributed by atoms with Gasteiger partial charge >= 0.3 is 0 Å². The molecule has 1 aliphatic carbocycles. The monoisotopic (exact) mass is 429 g/mol. The van der Waals surface area contributed by atoms with Gasteiger partial charge in [0.05, 0.1) is 12.1 Å². The molecule has 3 aliphatic rings.